The van der Waals surface area contributed by atoms with E-state index in [2.05, 4.69) is 0 Å². The van der Waals surface area contributed by atoms with E-state index < -0.39 is 12.1 Å². The maximum atomic E-state index is 13.0. The lowest BCUT2D eigenvalue weighted by Gasteiger charge is -2.24. The predicted octanol–water partition coefficient (Wildman–Crippen LogP) is 5.48. The van der Waals surface area contributed by atoms with Gasteiger partial charge in [0.25, 0.3) is 0 Å². The molecule has 1 N–H and O–H groups in total. The van der Waals surface area contributed by atoms with Gasteiger partial charge in [0.1, 0.15) is 5.75 Å². The minimum Gasteiger partial charge on any atom is -0.478 e. The first-order valence-corrected chi connectivity index (χ1v) is 10.8. The van der Waals surface area contributed by atoms with E-state index in [4.69, 9.17) is 4.74 Å². The SMILES string of the molecule is Cc1ccc(C(=O)C2=CCC=CN2C/C=C/c2cccc(OC(C(=O)O)C(C)C)c2)cc1. The van der Waals surface area contributed by atoms with Crippen LogP contribution >= 0.6 is 0 Å². The molecule has 0 saturated carbocycles. The van der Waals surface area contributed by atoms with Gasteiger partial charge in [0.15, 0.2) is 6.10 Å². The summed E-state index contributed by atoms with van der Waals surface area (Å²) in [6.45, 7) is 6.17. The Bertz CT molecular complexity index is 1050. The van der Waals surface area contributed by atoms with Gasteiger partial charge in [-0.15, -0.1) is 0 Å². The minimum absolute atomic E-state index is 0.00606. The summed E-state index contributed by atoms with van der Waals surface area (Å²) in [5, 5.41) is 9.34. The molecule has 0 fully saturated rings. The molecule has 1 atom stereocenters. The molecule has 5 heteroatoms. The number of hydrogen-bond acceptors (Lipinski definition) is 4. The molecule has 2 aromatic carbocycles. The van der Waals surface area contributed by atoms with E-state index >= 15 is 0 Å². The summed E-state index contributed by atoms with van der Waals surface area (Å²) in [4.78, 5) is 26.3. The molecule has 2 aromatic rings. The van der Waals surface area contributed by atoms with Crippen LogP contribution in [0.3, 0.4) is 0 Å². The summed E-state index contributed by atoms with van der Waals surface area (Å²) in [7, 11) is 0. The number of nitrogens with zero attached hydrogens (tertiary/aromatic N) is 1. The number of benzene rings is 2. The molecule has 0 radical (unpaired) electrons. The number of carboxylic acids is 1. The number of carboxylic acid groups (broad SMARTS) is 1. The van der Waals surface area contributed by atoms with Crippen molar-refractivity contribution < 1.29 is 19.4 Å². The Labute approximate surface area is 189 Å². The molecule has 3 rings (SSSR count). The van der Waals surface area contributed by atoms with Gasteiger partial charge < -0.3 is 14.7 Å². The zero-order chi connectivity index (χ0) is 23.1. The van der Waals surface area contributed by atoms with Crippen molar-refractivity contribution in [2.24, 2.45) is 5.92 Å². The molecule has 0 saturated heterocycles. The van der Waals surface area contributed by atoms with Gasteiger partial charge in [0, 0.05) is 24.2 Å². The number of carbonyl (C=O) groups excluding carboxylic acids is 1. The number of aryl methyl sites for hydroxylation is 1. The second-order valence-electron chi connectivity index (χ2n) is 8.15. The van der Waals surface area contributed by atoms with Crippen molar-refractivity contribution in [1.29, 1.82) is 0 Å². The topological polar surface area (TPSA) is 66.8 Å². The van der Waals surface area contributed by atoms with Crippen LogP contribution in [0, 0.1) is 12.8 Å². The average molecular weight is 432 g/mol. The molecule has 1 heterocycles. The highest BCUT2D eigenvalue weighted by atomic mass is 16.5. The van der Waals surface area contributed by atoms with Gasteiger partial charge in [-0.05, 0) is 31.0 Å². The third-order valence-electron chi connectivity index (χ3n) is 5.17. The summed E-state index contributed by atoms with van der Waals surface area (Å²) >= 11 is 0. The third kappa shape index (κ3) is 5.97. The summed E-state index contributed by atoms with van der Waals surface area (Å²) in [5.74, 6) is -0.600. The number of hydrogen-bond donors (Lipinski definition) is 1. The Hall–Kier alpha value is -3.60. The van der Waals surface area contributed by atoms with Crippen molar-refractivity contribution in [3.8, 4) is 5.75 Å². The third-order valence-corrected chi connectivity index (χ3v) is 5.17. The van der Waals surface area contributed by atoms with Crippen LogP contribution in [-0.2, 0) is 4.79 Å². The Kier molecular flexibility index (Phi) is 7.66. The van der Waals surface area contributed by atoms with Gasteiger partial charge in [-0.2, -0.15) is 0 Å². The molecule has 5 nitrogen and oxygen atoms in total. The van der Waals surface area contributed by atoms with E-state index in [1.54, 1.807) is 6.07 Å². The molecule has 32 heavy (non-hydrogen) atoms. The lowest BCUT2D eigenvalue weighted by Crippen LogP contribution is -2.32. The quantitative estimate of drug-likeness (QED) is 0.533. The summed E-state index contributed by atoms with van der Waals surface area (Å²) in [6.07, 6.45) is 9.65. The first-order chi connectivity index (χ1) is 15.3. The number of Topliss-reactive ketones (excluding diaryl/α,β-unsaturated/α-hetero) is 1. The molecule has 0 spiro atoms. The fraction of sp³-hybridized carbons (Fsp3) is 0.259. The van der Waals surface area contributed by atoms with E-state index in [0.717, 1.165) is 17.5 Å². The zero-order valence-electron chi connectivity index (χ0n) is 18.7. The number of carbonyl (C=O) groups is 2. The second kappa shape index (κ2) is 10.6. The maximum Gasteiger partial charge on any atom is 0.345 e. The smallest absolute Gasteiger partial charge is 0.345 e. The number of ether oxygens (including phenoxy) is 1. The Morgan fingerprint density at radius 2 is 1.91 bits per heavy atom. The minimum atomic E-state index is -0.976. The van der Waals surface area contributed by atoms with Crippen LogP contribution in [0.15, 0.2) is 78.7 Å². The highest BCUT2D eigenvalue weighted by Gasteiger charge is 2.23. The monoisotopic (exact) mass is 431 g/mol. The van der Waals surface area contributed by atoms with Crippen LogP contribution in [0.2, 0.25) is 0 Å². The molecule has 1 unspecified atom stereocenters. The largest absolute Gasteiger partial charge is 0.478 e. The van der Waals surface area contributed by atoms with Crippen LogP contribution in [0.1, 0.15) is 41.8 Å². The second-order valence-corrected chi connectivity index (χ2v) is 8.15. The molecule has 0 aromatic heterocycles. The van der Waals surface area contributed by atoms with E-state index in [1.807, 2.05) is 98.6 Å². The molecule has 1 aliphatic rings. The first kappa shape index (κ1) is 23.1. The van der Waals surface area contributed by atoms with Gasteiger partial charge in [-0.3, -0.25) is 4.79 Å². The molecule has 0 amide bonds. The van der Waals surface area contributed by atoms with E-state index in [1.165, 1.54) is 0 Å². The van der Waals surface area contributed by atoms with Crippen molar-refractivity contribution in [1.82, 2.24) is 4.90 Å². The molecule has 0 aliphatic carbocycles. The van der Waals surface area contributed by atoms with Crippen molar-refractivity contribution in [3.63, 3.8) is 0 Å². The van der Waals surface area contributed by atoms with Crippen molar-refractivity contribution in [2.75, 3.05) is 6.54 Å². The normalized spacial score (nSPS) is 14.5. The van der Waals surface area contributed by atoms with Crippen LogP contribution in [-0.4, -0.2) is 34.4 Å². The number of aliphatic carboxylic acids is 1. The van der Waals surface area contributed by atoms with Gasteiger partial charge >= 0.3 is 5.97 Å². The molecular formula is C27H29NO4. The van der Waals surface area contributed by atoms with Gasteiger partial charge in [-0.1, -0.05) is 80.1 Å². The fourth-order valence-electron chi connectivity index (χ4n) is 3.41. The number of allylic oxidation sites excluding steroid dienone is 3. The number of rotatable bonds is 9. The van der Waals surface area contributed by atoms with Crippen LogP contribution in [0.4, 0.5) is 0 Å². The van der Waals surface area contributed by atoms with Crippen molar-refractivity contribution in [3.05, 3.63) is 95.3 Å². The zero-order valence-corrected chi connectivity index (χ0v) is 18.7. The lowest BCUT2D eigenvalue weighted by atomic mass is 10.0. The van der Waals surface area contributed by atoms with Crippen LogP contribution in [0.5, 0.6) is 5.75 Å². The van der Waals surface area contributed by atoms with Gasteiger partial charge in [0.2, 0.25) is 5.78 Å². The highest BCUT2D eigenvalue weighted by molar-refractivity contribution is 6.08. The fourth-order valence-corrected chi connectivity index (χ4v) is 3.41. The van der Waals surface area contributed by atoms with Crippen molar-refractivity contribution in [2.45, 2.75) is 33.3 Å². The molecule has 166 valence electrons. The van der Waals surface area contributed by atoms with Gasteiger partial charge in [0.05, 0.1) is 5.70 Å². The Balaban J connectivity index is 1.68. The Morgan fingerprint density at radius 3 is 2.59 bits per heavy atom. The Morgan fingerprint density at radius 1 is 1.16 bits per heavy atom. The molecule has 0 bridgehead atoms. The highest BCUT2D eigenvalue weighted by Crippen LogP contribution is 2.21. The maximum absolute atomic E-state index is 13.0. The van der Waals surface area contributed by atoms with Gasteiger partial charge in [-0.25, -0.2) is 4.79 Å². The summed E-state index contributed by atoms with van der Waals surface area (Å²) in [6, 6.07) is 14.9. The average Bonchev–Trinajstić information content (AvgIpc) is 2.78. The summed E-state index contributed by atoms with van der Waals surface area (Å²) < 4.78 is 5.67. The standard InChI is InChI=1S/C27H29NO4/c1-19(2)26(27(30)31)32-23-10-6-8-21(18-23)9-7-17-28-16-5-4-11-24(28)25(29)22-14-12-20(3)13-15-22/h5-16,18-19,26H,4,17H2,1-3H3,(H,30,31)/b9-7+. The first-order valence-electron chi connectivity index (χ1n) is 10.8. The molecular weight excluding hydrogens is 402 g/mol. The predicted molar refractivity (Wildman–Crippen MR) is 126 cm³/mol. The molecule has 1 aliphatic heterocycles. The van der Waals surface area contributed by atoms with E-state index in [0.29, 0.717) is 23.6 Å². The van der Waals surface area contributed by atoms with Crippen molar-refractivity contribution >= 4 is 17.8 Å². The number of ketones is 1. The lowest BCUT2D eigenvalue weighted by molar-refractivity contribution is -0.147. The van der Waals surface area contributed by atoms with Crippen LogP contribution in [0.25, 0.3) is 6.08 Å². The van der Waals surface area contributed by atoms with E-state index in [9.17, 15) is 14.7 Å². The summed E-state index contributed by atoms with van der Waals surface area (Å²) in [5.41, 5.74) is 3.35. The van der Waals surface area contributed by atoms with E-state index in [-0.39, 0.29) is 11.7 Å². The van der Waals surface area contributed by atoms with Crippen LogP contribution < -0.4 is 4.74 Å².